The van der Waals surface area contributed by atoms with Crippen LogP contribution in [0.1, 0.15) is 35.7 Å². The van der Waals surface area contributed by atoms with Gasteiger partial charge in [0, 0.05) is 25.2 Å². The van der Waals surface area contributed by atoms with Crippen LogP contribution in [-0.2, 0) is 20.9 Å². The van der Waals surface area contributed by atoms with Crippen LogP contribution in [0.4, 0.5) is 5.69 Å². The fraction of sp³-hybridized carbons (Fsp3) is 0.286. The number of nitrogens with one attached hydrogen (secondary N) is 1. The second kappa shape index (κ2) is 8.49. The predicted molar refractivity (Wildman–Crippen MR) is 101 cm³/mol. The molecule has 0 bridgehead atoms. The van der Waals surface area contributed by atoms with Gasteiger partial charge in [-0.25, -0.2) is 4.79 Å². The number of benzene rings is 2. The van der Waals surface area contributed by atoms with Gasteiger partial charge in [-0.05, 0) is 37.1 Å². The molecule has 0 unspecified atom stereocenters. The molecular formula is C21H22N2O4. The van der Waals surface area contributed by atoms with Crippen molar-refractivity contribution in [1.82, 2.24) is 5.32 Å². The number of anilines is 1. The number of rotatable bonds is 6. The van der Waals surface area contributed by atoms with Crippen molar-refractivity contribution in [3.63, 3.8) is 0 Å². The lowest BCUT2D eigenvalue weighted by Crippen LogP contribution is -2.35. The summed E-state index contributed by atoms with van der Waals surface area (Å²) in [4.78, 5) is 38.1. The van der Waals surface area contributed by atoms with Gasteiger partial charge < -0.3 is 15.0 Å². The maximum absolute atomic E-state index is 12.4. The van der Waals surface area contributed by atoms with Crippen LogP contribution in [0.3, 0.4) is 0 Å². The summed E-state index contributed by atoms with van der Waals surface area (Å²) in [6.07, 6.45) is 0.415. The van der Waals surface area contributed by atoms with Crippen LogP contribution >= 0.6 is 0 Å². The van der Waals surface area contributed by atoms with Crippen LogP contribution in [0.15, 0.2) is 54.6 Å². The Bertz CT molecular complexity index is 835. The third kappa shape index (κ3) is 4.73. The minimum absolute atomic E-state index is 0.0502. The van der Waals surface area contributed by atoms with Gasteiger partial charge in [0.2, 0.25) is 5.91 Å². The molecule has 0 saturated carbocycles. The van der Waals surface area contributed by atoms with E-state index in [9.17, 15) is 14.4 Å². The molecule has 1 atom stereocenters. The lowest BCUT2D eigenvalue weighted by Gasteiger charge is -2.17. The lowest BCUT2D eigenvalue weighted by atomic mass is 10.2. The number of amides is 2. The van der Waals surface area contributed by atoms with Gasteiger partial charge in [0.25, 0.3) is 5.91 Å². The summed E-state index contributed by atoms with van der Waals surface area (Å²) in [5.74, 6) is -0.905. The molecule has 1 saturated heterocycles. The van der Waals surface area contributed by atoms with Gasteiger partial charge in [-0.2, -0.15) is 0 Å². The quantitative estimate of drug-likeness (QED) is 0.798. The molecule has 2 aromatic rings. The van der Waals surface area contributed by atoms with Crippen molar-refractivity contribution in [3.05, 3.63) is 65.7 Å². The van der Waals surface area contributed by atoms with Gasteiger partial charge in [0.1, 0.15) is 0 Å². The van der Waals surface area contributed by atoms with Gasteiger partial charge in [0.15, 0.2) is 6.10 Å². The number of ether oxygens (including phenoxy) is 1. The molecule has 2 aromatic carbocycles. The number of hydrogen-bond acceptors (Lipinski definition) is 4. The number of nitrogens with zero attached hydrogens (tertiary/aromatic N) is 1. The highest BCUT2D eigenvalue weighted by molar-refractivity contribution is 5.98. The van der Waals surface area contributed by atoms with Crippen LogP contribution in [0.2, 0.25) is 0 Å². The molecule has 2 amide bonds. The first-order valence-corrected chi connectivity index (χ1v) is 8.97. The summed E-state index contributed by atoms with van der Waals surface area (Å²) >= 11 is 0. The third-order valence-corrected chi connectivity index (χ3v) is 4.43. The standard InChI is InChI=1S/C21H22N2O4/c1-15(20(25)22-14-16-7-3-2-4-8-16)27-21(26)17-9-5-10-18(13-17)23-12-6-11-19(23)24/h2-5,7-10,13,15H,6,11-12,14H2,1H3,(H,22,25)/t15-/m0/s1. The van der Waals surface area contributed by atoms with Crippen molar-refractivity contribution in [2.24, 2.45) is 0 Å². The molecule has 27 heavy (non-hydrogen) atoms. The number of carbonyl (C=O) groups is 3. The number of carbonyl (C=O) groups excluding carboxylic acids is 3. The Morgan fingerprint density at radius 3 is 2.63 bits per heavy atom. The van der Waals surface area contributed by atoms with Gasteiger partial charge >= 0.3 is 5.97 Å². The summed E-state index contributed by atoms with van der Waals surface area (Å²) < 4.78 is 5.28. The molecule has 1 aliphatic rings. The monoisotopic (exact) mass is 366 g/mol. The molecular weight excluding hydrogens is 344 g/mol. The van der Waals surface area contributed by atoms with Crippen molar-refractivity contribution in [1.29, 1.82) is 0 Å². The summed E-state index contributed by atoms with van der Waals surface area (Å²) in [6.45, 7) is 2.55. The molecule has 0 aromatic heterocycles. The molecule has 0 spiro atoms. The van der Waals surface area contributed by atoms with Crippen molar-refractivity contribution < 1.29 is 19.1 Å². The van der Waals surface area contributed by atoms with Crippen LogP contribution < -0.4 is 10.2 Å². The first-order valence-electron chi connectivity index (χ1n) is 8.97. The zero-order chi connectivity index (χ0) is 19.2. The van der Waals surface area contributed by atoms with E-state index >= 15 is 0 Å². The second-order valence-corrected chi connectivity index (χ2v) is 6.45. The third-order valence-electron chi connectivity index (χ3n) is 4.43. The van der Waals surface area contributed by atoms with Crippen molar-refractivity contribution in [2.75, 3.05) is 11.4 Å². The van der Waals surface area contributed by atoms with Gasteiger partial charge in [0.05, 0.1) is 5.56 Å². The Hall–Kier alpha value is -3.15. The Labute approximate surface area is 158 Å². The smallest absolute Gasteiger partial charge is 0.338 e. The molecule has 6 nitrogen and oxygen atoms in total. The largest absolute Gasteiger partial charge is 0.449 e. The van der Waals surface area contributed by atoms with E-state index in [1.54, 1.807) is 29.2 Å². The molecule has 1 fully saturated rings. The zero-order valence-corrected chi connectivity index (χ0v) is 15.2. The van der Waals surface area contributed by atoms with Gasteiger partial charge in [-0.3, -0.25) is 9.59 Å². The average Bonchev–Trinajstić information content (AvgIpc) is 3.13. The molecule has 140 valence electrons. The van der Waals surface area contributed by atoms with E-state index in [4.69, 9.17) is 4.74 Å². The van der Waals surface area contributed by atoms with E-state index in [1.807, 2.05) is 30.3 Å². The Morgan fingerprint density at radius 2 is 1.93 bits per heavy atom. The molecule has 3 rings (SSSR count). The Kier molecular flexibility index (Phi) is 5.86. The first kappa shape index (κ1) is 18.6. The first-order chi connectivity index (χ1) is 13.0. The van der Waals surface area contributed by atoms with E-state index in [0.717, 1.165) is 12.0 Å². The molecule has 1 aliphatic heterocycles. The number of hydrogen-bond donors (Lipinski definition) is 1. The highest BCUT2D eigenvalue weighted by Crippen LogP contribution is 2.22. The summed E-state index contributed by atoms with van der Waals surface area (Å²) in [6, 6.07) is 16.2. The zero-order valence-electron chi connectivity index (χ0n) is 15.2. The van der Waals surface area contributed by atoms with E-state index in [2.05, 4.69) is 5.32 Å². The molecule has 1 heterocycles. The average molecular weight is 366 g/mol. The minimum Gasteiger partial charge on any atom is -0.449 e. The summed E-state index contributed by atoms with van der Waals surface area (Å²) in [5.41, 5.74) is 1.95. The Balaban J connectivity index is 1.57. The molecule has 0 radical (unpaired) electrons. The molecule has 0 aliphatic carbocycles. The second-order valence-electron chi connectivity index (χ2n) is 6.45. The fourth-order valence-electron chi connectivity index (χ4n) is 2.93. The van der Waals surface area contributed by atoms with Crippen molar-refractivity contribution in [2.45, 2.75) is 32.4 Å². The van der Waals surface area contributed by atoms with Gasteiger partial charge in [-0.15, -0.1) is 0 Å². The van der Waals surface area contributed by atoms with Crippen molar-refractivity contribution >= 4 is 23.5 Å². The van der Waals surface area contributed by atoms with Crippen LogP contribution in [0.25, 0.3) is 0 Å². The lowest BCUT2D eigenvalue weighted by molar-refractivity contribution is -0.129. The highest BCUT2D eigenvalue weighted by atomic mass is 16.5. The topological polar surface area (TPSA) is 75.7 Å². The SMILES string of the molecule is C[C@H](OC(=O)c1cccc(N2CCCC2=O)c1)C(=O)NCc1ccccc1. The fourth-order valence-corrected chi connectivity index (χ4v) is 2.93. The van der Waals surface area contributed by atoms with E-state index in [1.165, 1.54) is 6.92 Å². The number of esters is 1. The highest BCUT2D eigenvalue weighted by Gasteiger charge is 2.23. The maximum Gasteiger partial charge on any atom is 0.338 e. The molecule has 1 N–H and O–H groups in total. The van der Waals surface area contributed by atoms with Gasteiger partial charge in [-0.1, -0.05) is 36.4 Å². The van der Waals surface area contributed by atoms with E-state index in [-0.39, 0.29) is 11.8 Å². The van der Waals surface area contributed by atoms with Crippen LogP contribution in [-0.4, -0.2) is 30.4 Å². The molecule has 6 heteroatoms. The Morgan fingerprint density at radius 1 is 1.15 bits per heavy atom. The van der Waals surface area contributed by atoms with E-state index < -0.39 is 12.1 Å². The minimum atomic E-state index is -0.918. The normalized spacial score (nSPS) is 14.7. The van der Waals surface area contributed by atoms with E-state index in [0.29, 0.717) is 30.8 Å². The van der Waals surface area contributed by atoms with Crippen LogP contribution in [0, 0.1) is 0 Å². The van der Waals surface area contributed by atoms with Crippen molar-refractivity contribution in [3.8, 4) is 0 Å². The summed E-state index contributed by atoms with van der Waals surface area (Å²) in [7, 11) is 0. The van der Waals surface area contributed by atoms with Crippen LogP contribution in [0.5, 0.6) is 0 Å². The predicted octanol–water partition coefficient (Wildman–Crippen LogP) is 2.68. The summed E-state index contributed by atoms with van der Waals surface area (Å²) in [5, 5.41) is 2.75. The maximum atomic E-state index is 12.4.